The quantitative estimate of drug-likeness (QED) is 0.579. The van der Waals surface area contributed by atoms with Crippen LogP contribution in [0.5, 0.6) is 0 Å². The van der Waals surface area contributed by atoms with Crippen LogP contribution in [-0.4, -0.2) is 98.7 Å². The van der Waals surface area contributed by atoms with Gasteiger partial charge < -0.3 is 20.0 Å². The second-order valence-corrected chi connectivity index (χ2v) is 7.96. The molecule has 2 aliphatic rings. The number of likely N-dealkylation sites (N-methyl/N-ethyl adjacent to an activating group) is 1. The van der Waals surface area contributed by atoms with E-state index in [1.165, 1.54) is 12.1 Å². The third kappa shape index (κ3) is 6.06. The van der Waals surface area contributed by atoms with Gasteiger partial charge in [0.25, 0.3) is 0 Å². The van der Waals surface area contributed by atoms with Crippen molar-refractivity contribution in [2.24, 2.45) is 4.99 Å². The number of piperazine rings is 2. The summed E-state index contributed by atoms with van der Waals surface area (Å²) in [6.07, 6.45) is 0. The normalized spacial score (nSPS) is 20.8. The van der Waals surface area contributed by atoms with Crippen molar-refractivity contribution in [1.82, 2.24) is 20.0 Å². The average Bonchev–Trinajstić information content (AvgIpc) is 2.77. The van der Waals surface area contributed by atoms with Crippen LogP contribution in [0.3, 0.4) is 0 Å². The van der Waals surface area contributed by atoms with E-state index in [9.17, 15) is 4.39 Å². The van der Waals surface area contributed by atoms with E-state index in [0.29, 0.717) is 6.04 Å². The summed E-state index contributed by atoms with van der Waals surface area (Å²) < 4.78 is 13.2. The van der Waals surface area contributed by atoms with Crippen molar-refractivity contribution in [3.05, 3.63) is 30.1 Å². The zero-order valence-electron chi connectivity index (χ0n) is 18.3. The topological polar surface area (TPSA) is 37.4 Å². The van der Waals surface area contributed by atoms with Crippen molar-refractivity contribution in [1.29, 1.82) is 0 Å². The number of hydrogen-bond acceptors (Lipinski definition) is 4. The van der Waals surface area contributed by atoms with Crippen LogP contribution in [0.1, 0.15) is 20.8 Å². The lowest BCUT2D eigenvalue weighted by Gasteiger charge is -2.39. The lowest BCUT2D eigenvalue weighted by atomic mass is 10.2. The molecule has 0 spiro atoms. The maximum atomic E-state index is 13.2. The van der Waals surface area contributed by atoms with Crippen molar-refractivity contribution < 1.29 is 4.39 Å². The van der Waals surface area contributed by atoms with Crippen LogP contribution < -0.4 is 10.2 Å². The van der Waals surface area contributed by atoms with Gasteiger partial charge in [0.2, 0.25) is 0 Å². The van der Waals surface area contributed by atoms with Gasteiger partial charge in [-0.1, -0.05) is 6.92 Å². The number of anilines is 1. The first kappa shape index (κ1) is 21.8. The Morgan fingerprint density at radius 2 is 1.66 bits per heavy atom. The summed E-state index contributed by atoms with van der Waals surface area (Å²) in [5.41, 5.74) is 1.09. The number of nitrogens with one attached hydrogen (secondary N) is 1. The summed E-state index contributed by atoms with van der Waals surface area (Å²) in [6, 6.07) is 7.27. The Bertz CT molecular complexity index is 633. The Kier molecular flexibility index (Phi) is 8.12. The van der Waals surface area contributed by atoms with Crippen molar-refractivity contribution in [3.63, 3.8) is 0 Å². The number of guanidine groups is 1. The highest BCUT2D eigenvalue weighted by Crippen LogP contribution is 2.17. The zero-order valence-corrected chi connectivity index (χ0v) is 18.3. The molecule has 2 fully saturated rings. The van der Waals surface area contributed by atoms with Gasteiger partial charge in [-0.05, 0) is 44.7 Å². The van der Waals surface area contributed by atoms with E-state index in [0.717, 1.165) is 83.6 Å². The molecular formula is C22H37FN6. The average molecular weight is 405 g/mol. The van der Waals surface area contributed by atoms with Crippen molar-refractivity contribution in [2.75, 3.05) is 76.9 Å². The third-order valence-electron chi connectivity index (χ3n) is 6.09. The Morgan fingerprint density at radius 1 is 1.00 bits per heavy atom. The van der Waals surface area contributed by atoms with Crippen LogP contribution in [0.25, 0.3) is 0 Å². The minimum absolute atomic E-state index is 0.181. The van der Waals surface area contributed by atoms with E-state index < -0.39 is 0 Å². The molecule has 0 amide bonds. The summed E-state index contributed by atoms with van der Waals surface area (Å²) in [4.78, 5) is 14.7. The van der Waals surface area contributed by atoms with Gasteiger partial charge in [0.15, 0.2) is 5.96 Å². The number of nitrogens with zero attached hydrogens (tertiary/aromatic N) is 5. The van der Waals surface area contributed by atoms with Gasteiger partial charge in [-0.15, -0.1) is 0 Å². The first-order valence-electron chi connectivity index (χ1n) is 11.1. The molecule has 0 aromatic heterocycles. The molecule has 0 aliphatic carbocycles. The number of halogens is 1. The minimum Gasteiger partial charge on any atom is -0.368 e. The Labute approximate surface area is 175 Å². The van der Waals surface area contributed by atoms with Crippen LogP contribution in [0.2, 0.25) is 0 Å². The van der Waals surface area contributed by atoms with Gasteiger partial charge in [0.1, 0.15) is 5.82 Å². The molecule has 2 saturated heterocycles. The second-order valence-electron chi connectivity index (χ2n) is 7.96. The molecule has 1 aromatic rings. The molecule has 1 unspecified atom stereocenters. The number of benzene rings is 1. The largest absolute Gasteiger partial charge is 0.368 e. The van der Waals surface area contributed by atoms with Gasteiger partial charge in [-0.3, -0.25) is 9.89 Å². The molecular weight excluding hydrogens is 367 g/mol. The summed E-state index contributed by atoms with van der Waals surface area (Å²) >= 11 is 0. The second kappa shape index (κ2) is 10.8. The Hall–Kier alpha value is -1.86. The maximum Gasteiger partial charge on any atom is 0.194 e. The Balaban J connectivity index is 1.52. The standard InChI is InChI=1S/C22H37FN6/c1-4-24-22(25-18-19(3)27-12-10-26(5-2)11-13-27)29-16-14-28(15-17-29)21-8-6-20(23)7-9-21/h6-9,19H,4-5,10-18H2,1-3H3,(H,24,25). The molecule has 1 aromatic carbocycles. The first-order chi connectivity index (χ1) is 14.1. The highest BCUT2D eigenvalue weighted by Gasteiger charge is 2.22. The Morgan fingerprint density at radius 3 is 2.24 bits per heavy atom. The van der Waals surface area contributed by atoms with Gasteiger partial charge in [0, 0.05) is 70.6 Å². The number of hydrogen-bond donors (Lipinski definition) is 1. The molecule has 29 heavy (non-hydrogen) atoms. The molecule has 162 valence electrons. The van der Waals surface area contributed by atoms with E-state index in [1.807, 2.05) is 12.1 Å². The van der Waals surface area contributed by atoms with E-state index in [1.54, 1.807) is 0 Å². The zero-order chi connectivity index (χ0) is 20.6. The molecule has 6 nitrogen and oxygen atoms in total. The lowest BCUT2D eigenvalue weighted by molar-refractivity contribution is 0.109. The highest BCUT2D eigenvalue weighted by atomic mass is 19.1. The third-order valence-corrected chi connectivity index (χ3v) is 6.09. The first-order valence-corrected chi connectivity index (χ1v) is 11.1. The molecule has 1 atom stereocenters. The van der Waals surface area contributed by atoms with Crippen molar-refractivity contribution >= 4 is 11.6 Å². The molecule has 0 radical (unpaired) electrons. The van der Waals surface area contributed by atoms with E-state index in [2.05, 4.69) is 45.7 Å². The maximum absolute atomic E-state index is 13.2. The summed E-state index contributed by atoms with van der Waals surface area (Å²) in [5.74, 6) is 0.837. The van der Waals surface area contributed by atoms with E-state index in [4.69, 9.17) is 4.99 Å². The molecule has 7 heteroatoms. The van der Waals surface area contributed by atoms with Crippen LogP contribution in [-0.2, 0) is 0 Å². The van der Waals surface area contributed by atoms with Gasteiger partial charge in [0.05, 0.1) is 6.54 Å². The van der Waals surface area contributed by atoms with Crippen LogP contribution >= 0.6 is 0 Å². The minimum atomic E-state index is -0.181. The molecule has 0 bridgehead atoms. The van der Waals surface area contributed by atoms with Gasteiger partial charge >= 0.3 is 0 Å². The van der Waals surface area contributed by atoms with E-state index >= 15 is 0 Å². The molecule has 0 saturated carbocycles. The monoisotopic (exact) mass is 404 g/mol. The fourth-order valence-corrected chi connectivity index (χ4v) is 4.11. The number of rotatable bonds is 6. The summed E-state index contributed by atoms with van der Waals surface area (Å²) in [6.45, 7) is 17.8. The molecule has 1 N–H and O–H groups in total. The summed E-state index contributed by atoms with van der Waals surface area (Å²) in [5, 5.41) is 3.47. The van der Waals surface area contributed by atoms with Crippen molar-refractivity contribution in [2.45, 2.75) is 26.8 Å². The van der Waals surface area contributed by atoms with Gasteiger partial charge in [-0.2, -0.15) is 0 Å². The fourth-order valence-electron chi connectivity index (χ4n) is 4.11. The van der Waals surface area contributed by atoms with Gasteiger partial charge in [-0.25, -0.2) is 4.39 Å². The molecule has 2 heterocycles. The molecule has 3 rings (SSSR count). The van der Waals surface area contributed by atoms with Crippen LogP contribution in [0, 0.1) is 5.82 Å². The highest BCUT2D eigenvalue weighted by molar-refractivity contribution is 5.80. The van der Waals surface area contributed by atoms with E-state index in [-0.39, 0.29) is 5.82 Å². The molecule has 2 aliphatic heterocycles. The SMILES string of the molecule is CCNC(=NCC(C)N1CCN(CC)CC1)N1CCN(c2ccc(F)cc2)CC1. The van der Waals surface area contributed by atoms with Crippen LogP contribution in [0.15, 0.2) is 29.3 Å². The lowest BCUT2D eigenvalue weighted by Crippen LogP contribution is -2.53. The smallest absolute Gasteiger partial charge is 0.194 e. The fraction of sp³-hybridized carbons (Fsp3) is 0.682. The number of aliphatic imine (C=N–C) groups is 1. The van der Waals surface area contributed by atoms with Crippen LogP contribution in [0.4, 0.5) is 10.1 Å². The van der Waals surface area contributed by atoms with Crippen molar-refractivity contribution in [3.8, 4) is 0 Å². The predicted octanol–water partition coefficient (Wildman–Crippen LogP) is 1.94. The predicted molar refractivity (Wildman–Crippen MR) is 119 cm³/mol. The summed E-state index contributed by atoms with van der Waals surface area (Å²) in [7, 11) is 0.